The molecule has 1 aromatic heterocycles. The van der Waals surface area contributed by atoms with Crippen molar-refractivity contribution in [1.82, 2.24) is 14.9 Å². The minimum Gasteiger partial charge on any atom is -0.345 e. The Labute approximate surface area is 121 Å². The van der Waals surface area contributed by atoms with E-state index in [1.807, 2.05) is 31.2 Å². The standard InChI is InChI=1S/C14H14N4OS/c1-10(17-14(19)13-9-16-18-20-13)12-6-2-4-11(8-12)5-3-7-15/h2,4,6,8-10H,7,15H2,1H3,(H,17,19). The highest BCUT2D eigenvalue weighted by atomic mass is 32.1. The molecule has 2 aromatic rings. The van der Waals surface area contributed by atoms with Gasteiger partial charge in [0.1, 0.15) is 4.88 Å². The Kier molecular flexibility index (Phi) is 4.82. The highest BCUT2D eigenvalue weighted by molar-refractivity contribution is 7.07. The predicted octanol–water partition coefficient (Wildman–Crippen LogP) is 1.34. The quantitative estimate of drug-likeness (QED) is 0.834. The molecule has 1 unspecified atom stereocenters. The number of aromatic nitrogens is 2. The van der Waals surface area contributed by atoms with E-state index in [0.717, 1.165) is 22.7 Å². The fraction of sp³-hybridized carbons (Fsp3) is 0.214. The molecule has 1 atom stereocenters. The van der Waals surface area contributed by atoms with Crippen molar-refractivity contribution in [2.24, 2.45) is 5.73 Å². The third-order valence-corrected chi connectivity index (χ3v) is 3.32. The number of rotatable bonds is 3. The molecular formula is C14H14N4OS. The van der Waals surface area contributed by atoms with Crippen molar-refractivity contribution in [3.05, 3.63) is 46.5 Å². The van der Waals surface area contributed by atoms with E-state index in [2.05, 4.69) is 26.7 Å². The third kappa shape index (κ3) is 3.63. The lowest BCUT2D eigenvalue weighted by Gasteiger charge is -2.13. The van der Waals surface area contributed by atoms with Crippen LogP contribution in [0.15, 0.2) is 30.5 Å². The summed E-state index contributed by atoms with van der Waals surface area (Å²) in [6.45, 7) is 2.25. The molecule has 6 heteroatoms. The zero-order chi connectivity index (χ0) is 14.4. The van der Waals surface area contributed by atoms with Gasteiger partial charge in [0.05, 0.1) is 18.8 Å². The Morgan fingerprint density at radius 2 is 2.40 bits per heavy atom. The first-order valence-corrected chi connectivity index (χ1v) is 6.85. The van der Waals surface area contributed by atoms with Gasteiger partial charge in [0.15, 0.2) is 0 Å². The van der Waals surface area contributed by atoms with Gasteiger partial charge in [0.25, 0.3) is 5.91 Å². The second kappa shape index (κ2) is 6.80. The van der Waals surface area contributed by atoms with Crippen molar-refractivity contribution >= 4 is 17.4 Å². The maximum absolute atomic E-state index is 11.9. The van der Waals surface area contributed by atoms with E-state index < -0.39 is 0 Å². The molecule has 0 saturated carbocycles. The number of amides is 1. The molecule has 0 radical (unpaired) electrons. The van der Waals surface area contributed by atoms with E-state index in [4.69, 9.17) is 5.73 Å². The number of nitrogens with one attached hydrogen (secondary N) is 1. The van der Waals surface area contributed by atoms with Crippen LogP contribution in [0.3, 0.4) is 0 Å². The van der Waals surface area contributed by atoms with Crippen molar-refractivity contribution in [3.63, 3.8) is 0 Å². The summed E-state index contributed by atoms with van der Waals surface area (Å²) in [6.07, 6.45) is 1.45. The molecule has 0 aliphatic carbocycles. The number of nitrogens with two attached hydrogens (primary N) is 1. The molecule has 1 heterocycles. The van der Waals surface area contributed by atoms with Gasteiger partial charge >= 0.3 is 0 Å². The molecule has 2 rings (SSSR count). The van der Waals surface area contributed by atoms with Gasteiger partial charge in [-0.2, -0.15) is 0 Å². The summed E-state index contributed by atoms with van der Waals surface area (Å²) < 4.78 is 3.67. The largest absolute Gasteiger partial charge is 0.345 e. The van der Waals surface area contributed by atoms with Crippen LogP contribution in [0.2, 0.25) is 0 Å². The first-order valence-electron chi connectivity index (χ1n) is 6.08. The maximum Gasteiger partial charge on any atom is 0.265 e. The maximum atomic E-state index is 11.9. The molecule has 20 heavy (non-hydrogen) atoms. The Bertz CT molecular complexity index is 643. The Hall–Kier alpha value is -2.23. The van der Waals surface area contributed by atoms with Crippen molar-refractivity contribution in [2.75, 3.05) is 6.54 Å². The lowest BCUT2D eigenvalue weighted by atomic mass is 10.1. The average molecular weight is 286 g/mol. The Morgan fingerprint density at radius 1 is 1.55 bits per heavy atom. The number of hydrogen-bond acceptors (Lipinski definition) is 5. The first-order chi connectivity index (χ1) is 9.70. The van der Waals surface area contributed by atoms with Crippen LogP contribution in [-0.4, -0.2) is 22.0 Å². The summed E-state index contributed by atoms with van der Waals surface area (Å²) in [4.78, 5) is 12.4. The second-order valence-corrected chi connectivity index (χ2v) is 4.89. The molecule has 5 nitrogen and oxygen atoms in total. The van der Waals surface area contributed by atoms with Crippen LogP contribution < -0.4 is 11.1 Å². The Morgan fingerprint density at radius 3 is 3.10 bits per heavy atom. The molecule has 0 aliphatic heterocycles. The van der Waals surface area contributed by atoms with Crippen molar-refractivity contribution < 1.29 is 4.79 Å². The monoisotopic (exact) mass is 286 g/mol. The number of nitrogens with zero attached hydrogens (tertiary/aromatic N) is 2. The third-order valence-electron chi connectivity index (χ3n) is 2.65. The van der Waals surface area contributed by atoms with E-state index in [1.165, 1.54) is 6.20 Å². The smallest absolute Gasteiger partial charge is 0.265 e. The van der Waals surface area contributed by atoms with E-state index in [-0.39, 0.29) is 11.9 Å². The van der Waals surface area contributed by atoms with Crippen LogP contribution in [0.5, 0.6) is 0 Å². The van der Waals surface area contributed by atoms with Crippen LogP contribution in [0.1, 0.15) is 33.8 Å². The lowest BCUT2D eigenvalue weighted by molar-refractivity contribution is 0.0944. The summed E-state index contributed by atoms with van der Waals surface area (Å²) in [7, 11) is 0. The van der Waals surface area contributed by atoms with E-state index >= 15 is 0 Å². The normalized spacial score (nSPS) is 11.3. The van der Waals surface area contributed by atoms with E-state index in [9.17, 15) is 4.79 Å². The van der Waals surface area contributed by atoms with Gasteiger partial charge in [-0.05, 0) is 36.2 Å². The highest BCUT2D eigenvalue weighted by Crippen LogP contribution is 2.15. The first kappa shape index (κ1) is 14.2. The van der Waals surface area contributed by atoms with Crippen LogP contribution >= 0.6 is 11.5 Å². The summed E-state index contributed by atoms with van der Waals surface area (Å²) in [6, 6.07) is 7.59. The molecule has 0 bridgehead atoms. The minimum absolute atomic E-state index is 0.121. The molecule has 1 aromatic carbocycles. The molecule has 0 aliphatic rings. The number of carbonyl (C=O) groups is 1. The van der Waals surface area contributed by atoms with Gasteiger partial charge in [0, 0.05) is 5.56 Å². The SMILES string of the molecule is CC(NC(=O)c1cnns1)c1cccc(C#CCN)c1. The van der Waals surface area contributed by atoms with Crippen LogP contribution in [0, 0.1) is 11.8 Å². The molecule has 0 fully saturated rings. The molecular weight excluding hydrogens is 272 g/mol. The summed E-state index contributed by atoms with van der Waals surface area (Å²) in [5.41, 5.74) is 7.22. The van der Waals surface area contributed by atoms with E-state index in [1.54, 1.807) is 0 Å². The second-order valence-electron chi connectivity index (χ2n) is 4.11. The summed E-state index contributed by atoms with van der Waals surface area (Å²) in [5, 5.41) is 6.55. The van der Waals surface area contributed by atoms with Crippen LogP contribution in [-0.2, 0) is 0 Å². The van der Waals surface area contributed by atoms with Gasteiger partial charge in [0.2, 0.25) is 0 Å². The van der Waals surface area contributed by atoms with Gasteiger partial charge in [-0.25, -0.2) is 0 Å². The minimum atomic E-state index is -0.175. The predicted molar refractivity (Wildman–Crippen MR) is 78.2 cm³/mol. The summed E-state index contributed by atoms with van der Waals surface area (Å²) >= 11 is 1.07. The van der Waals surface area contributed by atoms with Crippen molar-refractivity contribution in [1.29, 1.82) is 0 Å². The van der Waals surface area contributed by atoms with Crippen molar-refractivity contribution in [3.8, 4) is 11.8 Å². The van der Waals surface area contributed by atoms with E-state index in [0.29, 0.717) is 11.4 Å². The number of hydrogen-bond donors (Lipinski definition) is 2. The van der Waals surface area contributed by atoms with Crippen LogP contribution in [0.4, 0.5) is 0 Å². The molecule has 3 N–H and O–H groups in total. The van der Waals surface area contributed by atoms with Crippen molar-refractivity contribution in [2.45, 2.75) is 13.0 Å². The van der Waals surface area contributed by atoms with Crippen LogP contribution in [0.25, 0.3) is 0 Å². The summed E-state index contributed by atoms with van der Waals surface area (Å²) in [5.74, 6) is 5.61. The topological polar surface area (TPSA) is 80.9 Å². The zero-order valence-electron chi connectivity index (χ0n) is 11.0. The molecule has 1 amide bonds. The molecule has 0 spiro atoms. The van der Waals surface area contributed by atoms with Gasteiger partial charge < -0.3 is 11.1 Å². The van der Waals surface area contributed by atoms with Gasteiger partial charge in [-0.1, -0.05) is 28.5 Å². The number of carbonyl (C=O) groups excluding carboxylic acids is 1. The zero-order valence-corrected chi connectivity index (χ0v) is 11.8. The fourth-order valence-corrected chi connectivity index (χ4v) is 2.08. The lowest BCUT2D eigenvalue weighted by Crippen LogP contribution is -2.25. The van der Waals surface area contributed by atoms with Gasteiger partial charge in [-0.15, -0.1) is 5.10 Å². The molecule has 102 valence electrons. The highest BCUT2D eigenvalue weighted by Gasteiger charge is 2.13. The van der Waals surface area contributed by atoms with Gasteiger partial charge in [-0.3, -0.25) is 4.79 Å². The molecule has 0 saturated heterocycles. The average Bonchev–Trinajstić information content (AvgIpc) is 2.99. The Balaban J connectivity index is 2.09. The fourth-order valence-electron chi connectivity index (χ4n) is 1.66. The number of benzene rings is 1.